The molecule has 0 fully saturated rings. The van der Waals surface area contributed by atoms with Gasteiger partial charge < -0.3 is 0 Å². The quantitative estimate of drug-likeness (QED) is 0.532. The largest absolute Gasteiger partial charge is 0.271 e. The van der Waals surface area contributed by atoms with E-state index in [1.165, 1.54) is 31.4 Å². The zero-order valence-corrected chi connectivity index (χ0v) is 12.5. The maximum Gasteiger partial charge on any atom is 0.159 e. The van der Waals surface area contributed by atoms with Gasteiger partial charge in [-0.15, -0.1) is 0 Å². The van der Waals surface area contributed by atoms with Crippen molar-refractivity contribution in [3.05, 3.63) is 35.4 Å². The Morgan fingerprint density at radius 1 is 1.20 bits per heavy atom. The van der Waals surface area contributed by atoms with Crippen LogP contribution in [0.25, 0.3) is 0 Å². The topological polar surface area (TPSA) is 38.0 Å². The molecule has 20 heavy (non-hydrogen) atoms. The van der Waals surface area contributed by atoms with Crippen molar-refractivity contribution in [2.75, 3.05) is 0 Å². The van der Waals surface area contributed by atoms with Crippen molar-refractivity contribution in [1.82, 2.24) is 5.43 Å². The molecule has 1 rings (SSSR count). The van der Waals surface area contributed by atoms with Crippen LogP contribution in [-0.2, 0) is 6.42 Å². The Hall–Kier alpha value is -1.00. The highest BCUT2D eigenvalue weighted by atomic mass is 19.2. The van der Waals surface area contributed by atoms with Crippen LogP contribution in [-0.4, -0.2) is 6.04 Å². The van der Waals surface area contributed by atoms with E-state index in [1.807, 2.05) is 0 Å². The zero-order chi connectivity index (χ0) is 15.0. The molecule has 1 aromatic rings. The number of hydrogen-bond donors (Lipinski definition) is 2. The van der Waals surface area contributed by atoms with E-state index in [-0.39, 0.29) is 6.04 Å². The third kappa shape index (κ3) is 5.55. The highest BCUT2D eigenvalue weighted by molar-refractivity contribution is 5.18. The summed E-state index contributed by atoms with van der Waals surface area (Å²) in [5, 5.41) is 0. The van der Waals surface area contributed by atoms with Gasteiger partial charge in [0.15, 0.2) is 11.6 Å². The van der Waals surface area contributed by atoms with Gasteiger partial charge in [0.1, 0.15) is 0 Å². The number of nitrogens with one attached hydrogen (secondary N) is 1. The molecule has 0 saturated heterocycles. The van der Waals surface area contributed by atoms with Crippen LogP contribution in [0.15, 0.2) is 18.2 Å². The third-order valence-electron chi connectivity index (χ3n) is 3.86. The van der Waals surface area contributed by atoms with E-state index in [0.29, 0.717) is 12.3 Å². The Labute approximate surface area is 120 Å². The van der Waals surface area contributed by atoms with Crippen LogP contribution in [0, 0.1) is 17.6 Å². The van der Waals surface area contributed by atoms with E-state index in [2.05, 4.69) is 19.3 Å². The summed E-state index contributed by atoms with van der Waals surface area (Å²) in [6.45, 7) is 4.37. The summed E-state index contributed by atoms with van der Waals surface area (Å²) in [6, 6.07) is 4.15. The van der Waals surface area contributed by atoms with Crippen molar-refractivity contribution in [3.8, 4) is 0 Å². The lowest BCUT2D eigenvalue weighted by molar-refractivity contribution is 0.349. The lowest BCUT2D eigenvalue weighted by Gasteiger charge is -2.22. The molecule has 0 amide bonds. The standard InChI is InChI=1S/C16H26F2N2/c1-3-5-6-12(4-2)9-14(20-19)10-13-7-8-15(17)16(18)11-13/h7-8,11-12,14,20H,3-6,9-10,19H2,1-2H3. The molecule has 2 nitrogen and oxygen atoms in total. The molecule has 0 aliphatic rings. The van der Waals surface area contributed by atoms with Gasteiger partial charge in [-0.05, 0) is 36.5 Å². The van der Waals surface area contributed by atoms with Crippen LogP contribution in [0.5, 0.6) is 0 Å². The molecule has 4 heteroatoms. The molecule has 1 aromatic carbocycles. The Morgan fingerprint density at radius 3 is 2.50 bits per heavy atom. The first-order valence-electron chi connectivity index (χ1n) is 7.50. The fraction of sp³-hybridized carbons (Fsp3) is 0.625. The zero-order valence-electron chi connectivity index (χ0n) is 12.5. The Morgan fingerprint density at radius 2 is 1.95 bits per heavy atom. The molecule has 0 saturated carbocycles. The average molecular weight is 284 g/mol. The van der Waals surface area contributed by atoms with Gasteiger partial charge in [0, 0.05) is 6.04 Å². The molecule has 2 atom stereocenters. The number of hydrogen-bond acceptors (Lipinski definition) is 2. The smallest absolute Gasteiger partial charge is 0.159 e. The van der Waals surface area contributed by atoms with Gasteiger partial charge >= 0.3 is 0 Å². The molecular formula is C16H26F2N2. The highest BCUT2D eigenvalue weighted by Crippen LogP contribution is 2.20. The van der Waals surface area contributed by atoms with Crippen molar-refractivity contribution in [1.29, 1.82) is 0 Å². The maximum atomic E-state index is 13.2. The van der Waals surface area contributed by atoms with Crippen LogP contribution >= 0.6 is 0 Å². The second kappa shape index (κ2) is 9.03. The number of unbranched alkanes of at least 4 members (excludes halogenated alkanes) is 1. The van der Waals surface area contributed by atoms with Crippen LogP contribution in [0.4, 0.5) is 8.78 Å². The van der Waals surface area contributed by atoms with Gasteiger partial charge in [-0.25, -0.2) is 8.78 Å². The minimum absolute atomic E-state index is 0.0988. The molecule has 0 radical (unpaired) electrons. The van der Waals surface area contributed by atoms with E-state index >= 15 is 0 Å². The van der Waals surface area contributed by atoms with E-state index in [0.717, 1.165) is 18.4 Å². The van der Waals surface area contributed by atoms with Gasteiger partial charge in [-0.3, -0.25) is 11.3 Å². The van der Waals surface area contributed by atoms with Gasteiger partial charge in [0.25, 0.3) is 0 Å². The Balaban J connectivity index is 2.58. The van der Waals surface area contributed by atoms with Crippen molar-refractivity contribution in [2.24, 2.45) is 11.8 Å². The minimum Gasteiger partial charge on any atom is -0.271 e. The van der Waals surface area contributed by atoms with Gasteiger partial charge in [-0.2, -0.15) is 0 Å². The minimum atomic E-state index is -0.805. The number of halogens is 2. The van der Waals surface area contributed by atoms with Crippen LogP contribution < -0.4 is 11.3 Å². The normalized spacial score (nSPS) is 14.2. The molecule has 114 valence electrons. The van der Waals surface area contributed by atoms with Crippen LogP contribution in [0.3, 0.4) is 0 Å². The lowest BCUT2D eigenvalue weighted by atomic mass is 9.90. The second-order valence-corrected chi connectivity index (χ2v) is 5.47. The fourth-order valence-corrected chi connectivity index (χ4v) is 2.55. The molecule has 2 unspecified atom stereocenters. The molecule has 0 heterocycles. The van der Waals surface area contributed by atoms with E-state index in [1.54, 1.807) is 6.07 Å². The summed E-state index contributed by atoms with van der Waals surface area (Å²) in [5.74, 6) is 4.63. The average Bonchev–Trinajstić information content (AvgIpc) is 2.46. The first kappa shape index (κ1) is 17.1. The number of hydrazine groups is 1. The van der Waals surface area contributed by atoms with Gasteiger partial charge in [0.05, 0.1) is 0 Å². The third-order valence-corrected chi connectivity index (χ3v) is 3.86. The van der Waals surface area contributed by atoms with E-state index in [9.17, 15) is 8.78 Å². The maximum absolute atomic E-state index is 13.2. The van der Waals surface area contributed by atoms with E-state index < -0.39 is 11.6 Å². The monoisotopic (exact) mass is 284 g/mol. The van der Waals surface area contributed by atoms with Crippen molar-refractivity contribution >= 4 is 0 Å². The van der Waals surface area contributed by atoms with Gasteiger partial charge in [-0.1, -0.05) is 45.6 Å². The highest BCUT2D eigenvalue weighted by Gasteiger charge is 2.15. The Bertz CT molecular complexity index is 396. The molecule has 0 aliphatic carbocycles. The summed E-state index contributed by atoms with van der Waals surface area (Å²) < 4.78 is 26.1. The second-order valence-electron chi connectivity index (χ2n) is 5.47. The first-order valence-corrected chi connectivity index (χ1v) is 7.50. The fourth-order valence-electron chi connectivity index (χ4n) is 2.55. The number of nitrogens with two attached hydrogens (primary N) is 1. The molecular weight excluding hydrogens is 258 g/mol. The van der Waals surface area contributed by atoms with Gasteiger partial charge in [0.2, 0.25) is 0 Å². The predicted molar refractivity (Wildman–Crippen MR) is 79.1 cm³/mol. The number of benzene rings is 1. The van der Waals surface area contributed by atoms with Crippen LogP contribution in [0.1, 0.15) is 51.5 Å². The van der Waals surface area contributed by atoms with Crippen molar-refractivity contribution in [2.45, 2.75) is 58.4 Å². The lowest BCUT2D eigenvalue weighted by Crippen LogP contribution is -2.38. The summed E-state index contributed by atoms with van der Waals surface area (Å²) in [4.78, 5) is 0. The first-order chi connectivity index (χ1) is 9.60. The summed E-state index contributed by atoms with van der Waals surface area (Å²) in [7, 11) is 0. The van der Waals surface area contributed by atoms with E-state index in [4.69, 9.17) is 5.84 Å². The van der Waals surface area contributed by atoms with Crippen molar-refractivity contribution < 1.29 is 8.78 Å². The summed E-state index contributed by atoms with van der Waals surface area (Å²) in [6.07, 6.45) is 6.32. The van der Waals surface area contributed by atoms with Crippen LogP contribution in [0.2, 0.25) is 0 Å². The predicted octanol–water partition coefficient (Wildman–Crippen LogP) is 3.95. The SMILES string of the molecule is CCCCC(CC)CC(Cc1ccc(F)c(F)c1)NN. The molecule has 0 bridgehead atoms. The molecule has 0 aromatic heterocycles. The summed E-state index contributed by atoms with van der Waals surface area (Å²) >= 11 is 0. The molecule has 0 aliphatic heterocycles. The Kier molecular flexibility index (Phi) is 7.70. The molecule has 0 spiro atoms. The summed E-state index contributed by atoms with van der Waals surface area (Å²) in [5.41, 5.74) is 3.58. The van der Waals surface area contributed by atoms with Crippen molar-refractivity contribution in [3.63, 3.8) is 0 Å². The molecule has 3 N–H and O–H groups in total. The number of rotatable bonds is 9.